The molecule has 0 radical (unpaired) electrons. The largest absolute Gasteiger partial charge is 0.494 e. The van der Waals surface area contributed by atoms with Gasteiger partial charge in [-0.3, -0.25) is 9.59 Å². The number of hydrogen-bond acceptors (Lipinski definition) is 8. The van der Waals surface area contributed by atoms with E-state index in [2.05, 4.69) is 21.2 Å². The topological polar surface area (TPSA) is 120 Å². The van der Waals surface area contributed by atoms with Gasteiger partial charge in [0.05, 0.1) is 23.4 Å². The third-order valence-electron chi connectivity index (χ3n) is 3.81. The number of carbonyl (C=O) groups is 2. The zero-order chi connectivity index (χ0) is 22.4. The van der Waals surface area contributed by atoms with Gasteiger partial charge in [0.15, 0.2) is 19.8 Å². The van der Waals surface area contributed by atoms with Gasteiger partial charge < -0.3 is 14.6 Å². The van der Waals surface area contributed by atoms with Crippen LogP contribution in [0.25, 0.3) is 10.2 Å². The number of ether oxygens (including phenoxy) is 1. The van der Waals surface area contributed by atoms with Crippen LogP contribution in [0, 0.1) is 12.3 Å². The van der Waals surface area contributed by atoms with Crippen LogP contribution in [0.3, 0.4) is 0 Å². The molecular formula is C19H18N4O5S3. The maximum Gasteiger partial charge on any atom is 0.263 e. The highest BCUT2D eigenvalue weighted by atomic mass is 32.2. The van der Waals surface area contributed by atoms with Crippen molar-refractivity contribution in [1.82, 2.24) is 9.55 Å². The molecular weight excluding hydrogens is 460 g/mol. The monoisotopic (exact) mass is 478 g/mol. The van der Waals surface area contributed by atoms with Crippen LogP contribution in [0.1, 0.15) is 6.92 Å². The molecule has 0 aliphatic carbocycles. The van der Waals surface area contributed by atoms with E-state index >= 15 is 0 Å². The Hall–Kier alpha value is -3.01. The molecule has 0 bridgehead atoms. The summed E-state index contributed by atoms with van der Waals surface area (Å²) in [5, 5.41) is 4.29. The van der Waals surface area contributed by atoms with Gasteiger partial charge in [-0.25, -0.2) is 13.4 Å². The van der Waals surface area contributed by atoms with E-state index in [1.165, 1.54) is 17.5 Å². The molecule has 0 unspecified atom stereocenters. The van der Waals surface area contributed by atoms with Crippen molar-refractivity contribution in [3.8, 4) is 18.1 Å². The number of sulfone groups is 1. The Kier molecular flexibility index (Phi) is 7.21. The summed E-state index contributed by atoms with van der Waals surface area (Å²) in [4.78, 5) is 32.3. The molecule has 1 N–H and O–H groups in total. The van der Waals surface area contributed by atoms with Crippen LogP contribution < -0.4 is 14.9 Å². The molecule has 2 aromatic heterocycles. The molecule has 2 heterocycles. The number of rotatable bonds is 8. The maximum atomic E-state index is 12.4. The van der Waals surface area contributed by atoms with Crippen molar-refractivity contribution < 1.29 is 22.7 Å². The number of terminal acetylenes is 1. The van der Waals surface area contributed by atoms with Crippen LogP contribution in [-0.2, 0) is 26.0 Å². The molecule has 0 atom stereocenters. The number of fused-ring (bicyclic) bond motifs is 1. The first-order chi connectivity index (χ1) is 14.8. The Morgan fingerprint density at radius 2 is 2.16 bits per heavy atom. The minimum atomic E-state index is -4.02. The molecule has 3 aromatic rings. The van der Waals surface area contributed by atoms with E-state index in [1.807, 2.05) is 6.92 Å². The first kappa shape index (κ1) is 22.7. The van der Waals surface area contributed by atoms with Crippen LogP contribution in [0.2, 0.25) is 0 Å². The number of aromatic nitrogens is 2. The van der Waals surface area contributed by atoms with Gasteiger partial charge in [0, 0.05) is 11.6 Å². The molecule has 31 heavy (non-hydrogen) atoms. The molecule has 1 aromatic carbocycles. The smallest absolute Gasteiger partial charge is 0.263 e. The molecule has 9 nitrogen and oxygen atoms in total. The van der Waals surface area contributed by atoms with Gasteiger partial charge in [0.25, 0.3) is 5.91 Å². The lowest BCUT2D eigenvalue weighted by Gasteiger charge is -2.04. The number of carbonyl (C=O) groups excluding carboxylic acids is 2. The normalized spacial score (nSPS) is 11.9. The molecule has 3 rings (SSSR count). The summed E-state index contributed by atoms with van der Waals surface area (Å²) in [6.07, 6.45) is 6.92. The molecule has 0 spiro atoms. The lowest BCUT2D eigenvalue weighted by molar-refractivity contribution is -0.115. The minimum absolute atomic E-state index is 0.156. The third-order valence-corrected chi connectivity index (χ3v) is 6.93. The highest BCUT2D eigenvalue weighted by Gasteiger charge is 2.21. The summed E-state index contributed by atoms with van der Waals surface area (Å²) in [5.41, 5.74) is 0.753. The lowest BCUT2D eigenvalue weighted by Crippen LogP contribution is -2.28. The predicted octanol–water partition coefficient (Wildman–Crippen LogP) is 1.67. The molecule has 162 valence electrons. The maximum absolute atomic E-state index is 12.4. The minimum Gasteiger partial charge on any atom is -0.494 e. The molecule has 12 heteroatoms. The quantitative estimate of drug-likeness (QED) is 0.492. The fourth-order valence-electron chi connectivity index (χ4n) is 2.66. The van der Waals surface area contributed by atoms with Crippen molar-refractivity contribution in [2.45, 2.75) is 13.5 Å². The van der Waals surface area contributed by atoms with Crippen molar-refractivity contribution in [2.24, 2.45) is 4.99 Å². The molecule has 0 aliphatic heterocycles. The van der Waals surface area contributed by atoms with E-state index in [0.717, 1.165) is 21.6 Å². The van der Waals surface area contributed by atoms with Gasteiger partial charge in [-0.2, -0.15) is 4.99 Å². The van der Waals surface area contributed by atoms with Crippen LogP contribution in [0.4, 0.5) is 5.13 Å². The standard InChI is InChI=1S/C19H18N4O5S3/c1-3-8-23-14-6-5-13(28-4-2)10-15(14)30-19(23)22-17(25)12-31(26,27)11-16(24)21-18-20-7-9-29-18/h1,5-7,9-10H,4,8,11-12H2,2H3,(H,20,21,24). The number of nitrogens with one attached hydrogen (secondary N) is 1. The number of hydrogen-bond donors (Lipinski definition) is 1. The van der Waals surface area contributed by atoms with Crippen molar-refractivity contribution in [2.75, 3.05) is 23.4 Å². The fourth-order valence-corrected chi connectivity index (χ4v) is 5.29. The van der Waals surface area contributed by atoms with Crippen LogP contribution in [-0.4, -0.2) is 47.9 Å². The average Bonchev–Trinajstić information content (AvgIpc) is 3.29. The Morgan fingerprint density at radius 3 is 2.84 bits per heavy atom. The van der Waals surface area contributed by atoms with E-state index in [1.54, 1.807) is 28.1 Å². The highest BCUT2D eigenvalue weighted by Crippen LogP contribution is 2.23. The molecule has 2 amide bonds. The van der Waals surface area contributed by atoms with Gasteiger partial charge >= 0.3 is 0 Å². The van der Waals surface area contributed by atoms with Gasteiger partial charge in [0.2, 0.25) is 5.91 Å². The van der Waals surface area contributed by atoms with E-state index < -0.39 is 33.2 Å². The Labute approximate surface area is 186 Å². The van der Waals surface area contributed by atoms with Gasteiger partial charge in [-0.05, 0) is 25.1 Å². The summed E-state index contributed by atoms with van der Waals surface area (Å²) in [6.45, 7) is 2.53. The second-order valence-corrected chi connectivity index (χ2v) is 10.1. The number of thiazole rings is 2. The number of nitrogens with zero attached hydrogens (tertiary/aromatic N) is 3. The van der Waals surface area contributed by atoms with Crippen molar-refractivity contribution in [1.29, 1.82) is 0 Å². The fraction of sp³-hybridized carbons (Fsp3) is 0.263. The van der Waals surface area contributed by atoms with Crippen molar-refractivity contribution >= 4 is 59.7 Å². The Balaban J connectivity index is 1.81. The van der Waals surface area contributed by atoms with Crippen LogP contribution in [0.15, 0.2) is 34.8 Å². The summed E-state index contributed by atoms with van der Waals surface area (Å²) in [6, 6.07) is 5.39. The summed E-state index contributed by atoms with van der Waals surface area (Å²) in [5.74, 6) is -0.229. The molecule has 0 fully saturated rings. The van der Waals surface area contributed by atoms with E-state index in [4.69, 9.17) is 11.2 Å². The zero-order valence-corrected chi connectivity index (χ0v) is 18.8. The SMILES string of the molecule is C#CCn1c(=NC(=O)CS(=O)(=O)CC(=O)Nc2nccs2)sc2cc(OCC)ccc21. The number of amides is 2. The van der Waals surface area contributed by atoms with E-state index in [9.17, 15) is 18.0 Å². The second kappa shape index (κ2) is 9.86. The number of benzene rings is 1. The third kappa shape index (κ3) is 6.00. The highest BCUT2D eigenvalue weighted by molar-refractivity contribution is 7.92. The lowest BCUT2D eigenvalue weighted by atomic mass is 10.3. The van der Waals surface area contributed by atoms with Gasteiger partial charge in [0.1, 0.15) is 17.3 Å². The molecule has 0 saturated heterocycles. The predicted molar refractivity (Wildman–Crippen MR) is 120 cm³/mol. The number of anilines is 1. The summed E-state index contributed by atoms with van der Waals surface area (Å²) in [7, 11) is -4.02. The van der Waals surface area contributed by atoms with Gasteiger partial charge in [-0.15, -0.1) is 17.8 Å². The Morgan fingerprint density at radius 1 is 1.35 bits per heavy atom. The Bertz CT molecular complexity index is 1310. The second-order valence-electron chi connectivity index (χ2n) is 6.16. The van der Waals surface area contributed by atoms with Crippen molar-refractivity contribution in [3.63, 3.8) is 0 Å². The summed E-state index contributed by atoms with van der Waals surface area (Å²) >= 11 is 2.35. The van der Waals surface area contributed by atoms with E-state index in [0.29, 0.717) is 12.4 Å². The zero-order valence-electron chi connectivity index (χ0n) is 16.4. The van der Waals surface area contributed by atoms with Crippen molar-refractivity contribution in [3.05, 3.63) is 34.6 Å². The summed E-state index contributed by atoms with van der Waals surface area (Å²) < 4.78 is 32.4. The molecule has 0 aliphatic rings. The average molecular weight is 479 g/mol. The van der Waals surface area contributed by atoms with Crippen LogP contribution in [0.5, 0.6) is 5.75 Å². The van der Waals surface area contributed by atoms with Gasteiger partial charge in [-0.1, -0.05) is 17.3 Å². The first-order valence-electron chi connectivity index (χ1n) is 8.98. The molecule has 0 saturated carbocycles. The van der Waals surface area contributed by atoms with E-state index in [-0.39, 0.29) is 16.5 Å². The van der Waals surface area contributed by atoms with Crippen LogP contribution >= 0.6 is 22.7 Å². The first-order valence-corrected chi connectivity index (χ1v) is 12.5.